The van der Waals surface area contributed by atoms with E-state index < -0.39 is 5.41 Å². The third-order valence-corrected chi connectivity index (χ3v) is 15.1. The first kappa shape index (κ1) is 34.6. The summed E-state index contributed by atoms with van der Waals surface area (Å²) >= 11 is 14.5. The quantitative estimate of drug-likeness (QED) is 0.0733. The molecule has 0 aliphatic heterocycles. The molecule has 33 heavy (non-hydrogen) atoms. The average Bonchev–Trinajstić information content (AvgIpc) is 2.71. The molecule has 0 heterocycles. The molecule has 0 spiro atoms. The second-order valence-electron chi connectivity index (χ2n) is 9.02. The van der Waals surface area contributed by atoms with Gasteiger partial charge in [-0.25, -0.2) is 0 Å². The van der Waals surface area contributed by atoms with Crippen LogP contribution in [0, 0.1) is 5.41 Å². The Morgan fingerprint density at radius 3 is 1.12 bits per heavy atom. The zero-order valence-electron chi connectivity index (χ0n) is 20.7. The number of rotatable bonds is 22. The van der Waals surface area contributed by atoms with Gasteiger partial charge in [0.1, 0.15) is 0 Å². The maximum absolute atomic E-state index is 12.9. The Kier molecular flexibility index (Phi) is 21.7. The number of hydrogen-bond acceptors (Lipinski definition) is 6. The minimum atomic E-state index is -0.497. The average molecular weight is 714 g/mol. The molecule has 0 rings (SSSR count). The normalized spacial score (nSPS) is 16.1. The van der Waals surface area contributed by atoms with Gasteiger partial charge in [0.15, 0.2) is 0 Å². The van der Waals surface area contributed by atoms with Gasteiger partial charge in [-0.3, -0.25) is 0 Å². The van der Waals surface area contributed by atoms with Crippen LogP contribution in [0.25, 0.3) is 0 Å². The van der Waals surface area contributed by atoms with Gasteiger partial charge < -0.3 is 0 Å². The van der Waals surface area contributed by atoms with Crippen molar-refractivity contribution in [2.45, 2.75) is 120 Å². The van der Waals surface area contributed by atoms with Gasteiger partial charge in [0.25, 0.3) is 0 Å². The number of ketones is 3. The Morgan fingerprint density at radius 1 is 0.636 bits per heavy atom. The van der Waals surface area contributed by atoms with Crippen molar-refractivity contribution in [1.82, 2.24) is 0 Å². The van der Waals surface area contributed by atoms with Crippen LogP contribution in [0.1, 0.15) is 72.6 Å². The Morgan fingerprint density at radius 2 is 0.909 bits per heavy atom. The predicted octanol–water partition coefficient (Wildman–Crippen LogP) is 6.01. The zero-order valence-corrected chi connectivity index (χ0v) is 28.5. The number of carbonyl (C=O) groups excluding carboxylic acids is 3. The van der Waals surface area contributed by atoms with Gasteiger partial charge in [0.2, 0.25) is 0 Å². The first-order valence-electron chi connectivity index (χ1n) is 11.8. The van der Waals surface area contributed by atoms with Crippen LogP contribution in [0.3, 0.4) is 0 Å². The Hall–Kier alpha value is 1.62. The molecule has 3 nitrogen and oxygen atoms in total. The number of thiol groups is 3. The van der Waals surface area contributed by atoms with E-state index in [0.717, 1.165) is 31.9 Å². The molecular formula is C24H44O3S3Se3. The van der Waals surface area contributed by atoms with Crippen molar-refractivity contribution in [2.24, 2.45) is 5.41 Å². The van der Waals surface area contributed by atoms with Crippen molar-refractivity contribution in [1.29, 1.82) is 0 Å². The van der Waals surface area contributed by atoms with Gasteiger partial charge in [0, 0.05) is 0 Å². The van der Waals surface area contributed by atoms with Gasteiger partial charge in [-0.05, 0) is 0 Å². The van der Waals surface area contributed by atoms with Crippen LogP contribution in [0.4, 0.5) is 0 Å². The number of carbonyl (C=O) groups is 3. The van der Waals surface area contributed by atoms with Gasteiger partial charge in [-0.15, -0.1) is 0 Å². The Labute approximate surface area is 238 Å². The first-order chi connectivity index (χ1) is 15.5. The Balaban J connectivity index is 4.98. The van der Waals surface area contributed by atoms with Gasteiger partial charge in [-0.2, -0.15) is 0 Å². The molecule has 3 unspecified atom stereocenters. The van der Waals surface area contributed by atoms with E-state index in [0.29, 0.717) is 106 Å². The van der Waals surface area contributed by atoms with Crippen molar-refractivity contribution in [2.75, 3.05) is 0 Å². The third kappa shape index (κ3) is 20.4. The molecule has 0 radical (unpaired) electrons. The monoisotopic (exact) mass is 716 g/mol. The summed E-state index contributed by atoms with van der Waals surface area (Å²) in [6.07, 6.45) is 3.50. The molecule has 0 aliphatic rings. The standard InChI is InChI=1S/C24H44O3S3Se3/c1-5-24(12-21(25)6-9-31-15-18(2)28,13-22(26)7-10-32-16-19(3)29)14-23(27)8-11-33-17-20(4)30/h18-20,28-30H,5-17H2,1-4H3. The minimum absolute atomic E-state index is 0.215. The molecule has 0 aromatic rings. The molecular weight excluding hydrogens is 669 g/mol. The van der Waals surface area contributed by atoms with E-state index in [1.807, 2.05) is 6.92 Å². The molecule has 194 valence electrons. The van der Waals surface area contributed by atoms with Crippen molar-refractivity contribution in [3.63, 3.8) is 0 Å². The molecule has 0 fully saturated rings. The predicted molar refractivity (Wildman–Crippen MR) is 157 cm³/mol. The molecule has 0 aromatic heterocycles. The summed E-state index contributed by atoms with van der Waals surface area (Å²) in [5.74, 6) is 0.645. The summed E-state index contributed by atoms with van der Waals surface area (Å²) in [6, 6.07) is 0. The van der Waals surface area contributed by atoms with E-state index >= 15 is 0 Å². The molecule has 0 saturated carbocycles. The molecule has 3 atom stereocenters. The van der Waals surface area contributed by atoms with Crippen LogP contribution in [0.2, 0.25) is 31.9 Å². The van der Waals surface area contributed by atoms with E-state index in [2.05, 4.69) is 58.7 Å². The number of Topliss-reactive ketones (excluding diaryl/α,β-unsaturated/α-hetero) is 3. The van der Waals surface area contributed by atoms with E-state index in [4.69, 9.17) is 0 Å². The zero-order chi connectivity index (χ0) is 25.3. The molecule has 0 amide bonds. The Bertz CT molecular complexity index is 498. The van der Waals surface area contributed by atoms with Crippen LogP contribution >= 0.6 is 37.9 Å². The summed E-state index contributed by atoms with van der Waals surface area (Å²) in [4.78, 5) is 38.6. The van der Waals surface area contributed by atoms with Crippen LogP contribution in [0.15, 0.2) is 0 Å². The van der Waals surface area contributed by atoms with E-state index in [-0.39, 0.29) is 17.3 Å². The van der Waals surface area contributed by atoms with Crippen molar-refractivity contribution >= 4 is 100 Å². The van der Waals surface area contributed by atoms with E-state index in [1.165, 1.54) is 0 Å². The fourth-order valence-corrected chi connectivity index (χ4v) is 10.6. The maximum atomic E-state index is 12.9. The summed E-state index contributed by atoms with van der Waals surface area (Å²) in [5.41, 5.74) is -0.497. The van der Waals surface area contributed by atoms with Gasteiger partial charge >= 0.3 is 240 Å². The van der Waals surface area contributed by atoms with Crippen LogP contribution < -0.4 is 0 Å². The molecule has 0 aliphatic carbocycles. The number of hydrogen-bond donors (Lipinski definition) is 3. The first-order valence-corrected chi connectivity index (χ1v) is 20.6. The van der Waals surface area contributed by atoms with Crippen LogP contribution in [-0.2, 0) is 14.4 Å². The molecule has 0 aromatic carbocycles. The van der Waals surface area contributed by atoms with E-state index in [1.54, 1.807) is 0 Å². The molecule has 0 bridgehead atoms. The van der Waals surface area contributed by atoms with Crippen LogP contribution in [0.5, 0.6) is 0 Å². The topological polar surface area (TPSA) is 51.2 Å². The van der Waals surface area contributed by atoms with Gasteiger partial charge in [0.05, 0.1) is 0 Å². The summed E-state index contributed by atoms with van der Waals surface area (Å²) in [5, 5.41) is 7.11. The fourth-order valence-electron chi connectivity index (χ4n) is 3.40. The molecule has 9 heteroatoms. The fraction of sp³-hybridized carbons (Fsp3) is 0.875. The summed E-state index contributed by atoms with van der Waals surface area (Å²) < 4.78 is 0. The third-order valence-electron chi connectivity index (χ3n) is 5.12. The molecule has 0 N–H and O–H groups in total. The van der Waals surface area contributed by atoms with Crippen molar-refractivity contribution in [3.05, 3.63) is 0 Å². The SMILES string of the molecule is CCC(CC(=O)CC[Se]CC(C)S)(CC(=O)CC[Se]CC(C)S)CC(=O)CC[Se]CC(C)S. The van der Waals surface area contributed by atoms with Gasteiger partial charge in [-0.1, -0.05) is 0 Å². The van der Waals surface area contributed by atoms with Crippen LogP contribution in [-0.4, -0.2) is 78.0 Å². The summed E-state index contributed by atoms with van der Waals surface area (Å²) in [6.45, 7) is 8.30. The summed E-state index contributed by atoms with van der Waals surface area (Å²) in [7, 11) is 0. The van der Waals surface area contributed by atoms with Crippen molar-refractivity contribution < 1.29 is 14.4 Å². The molecule has 0 saturated heterocycles. The van der Waals surface area contributed by atoms with E-state index in [9.17, 15) is 14.4 Å². The van der Waals surface area contributed by atoms with Crippen molar-refractivity contribution in [3.8, 4) is 0 Å². The second-order valence-corrected chi connectivity index (χ2v) is 18.9. The second kappa shape index (κ2) is 20.7.